The van der Waals surface area contributed by atoms with Gasteiger partial charge in [-0.05, 0) is 25.1 Å². The minimum absolute atomic E-state index is 0.0712. The van der Waals surface area contributed by atoms with Gasteiger partial charge in [0.15, 0.2) is 5.43 Å². The van der Waals surface area contributed by atoms with E-state index in [2.05, 4.69) is 0 Å². The number of fused-ring (bicyclic) bond motifs is 1. The van der Waals surface area contributed by atoms with Gasteiger partial charge in [-0.2, -0.15) is 5.26 Å². The Morgan fingerprint density at radius 2 is 2.00 bits per heavy atom. The summed E-state index contributed by atoms with van der Waals surface area (Å²) in [5.74, 6) is -0.909. The van der Waals surface area contributed by atoms with Gasteiger partial charge in [0.2, 0.25) is 5.76 Å². The Morgan fingerprint density at radius 3 is 2.79 bits per heavy atom. The molecule has 2 aromatic carbocycles. The summed E-state index contributed by atoms with van der Waals surface area (Å²) in [5.41, 5.74) is 1.98. The number of nitrogens with zero attached hydrogens (tertiary/aromatic N) is 1. The standard InChI is InChI=1S/C19H13NO4/c1-12-6-7-17-15(8-12)16(21)9-18(24-17)19(22)23-11-14-5-3-2-4-13(14)10-20/h2-9H,11H2,1H3. The summed E-state index contributed by atoms with van der Waals surface area (Å²) in [6, 6.07) is 15.1. The van der Waals surface area contributed by atoms with Gasteiger partial charge in [0, 0.05) is 11.6 Å². The van der Waals surface area contributed by atoms with E-state index in [1.807, 2.05) is 13.0 Å². The van der Waals surface area contributed by atoms with Crippen LogP contribution in [0.25, 0.3) is 11.0 Å². The molecular weight excluding hydrogens is 306 g/mol. The molecular formula is C19H13NO4. The first-order chi connectivity index (χ1) is 11.6. The van der Waals surface area contributed by atoms with Crippen molar-refractivity contribution in [3.8, 4) is 6.07 Å². The normalized spacial score (nSPS) is 10.3. The fourth-order valence-corrected chi connectivity index (χ4v) is 2.34. The van der Waals surface area contributed by atoms with Crippen LogP contribution in [-0.2, 0) is 11.3 Å². The van der Waals surface area contributed by atoms with Crippen LogP contribution < -0.4 is 5.43 Å². The van der Waals surface area contributed by atoms with Crippen molar-refractivity contribution >= 4 is 16.9 Å². The molecule has 0 spiro atoms. The molecule has 0 fully saturated rings. The molecule has 0 saturated heterocycles. The number of rotatable bonds is 3. The number of carbonyl (C=O) groups is 1. The van der Waals surface area contributed by atoms with E-state index in [1.54, 1.807) is 42.5 Å². The van der Waals surface area contributed by atoms with Crippen LogP contribution in [0.4, 0.5) is 0 Å². The minimum Gasteiger partial charge on any atom is -0.455 e. The van der Waals surface area contributed by atoms with Crippen LogP contribution >= 0.6 is 0 Å². The van der Waals surface area contributed by atoms with Crippen molar-refractivity contribution in [3.05, 3.63) is 81.2 Å². The third-order valence-corrected chi connectivity index (χ3v) is 3.58. The average Bonchev–Trinajstić information content (AvgIpc) is 2.60. The van der Waals surface area contributed by atoms with E-state index >= 15 is 0 Å². The van der Waals surface area contributed by atoms with Crippen LogP contribution in [0.1, 0.15) is 27.2 Å². The largest absolute Gasteiger partial charge is 0.455 e. The van der Waals surface area contributed by atoms with Gasteiger partial charge < -0.3 is 9.15 Å². The second-order valence-corrected chi connectivity index (χ2v) is 5.32. The van der Waals surface area contributed by atoms with Crippen molar-refractivity contribution in [2.24, 2.45) is 0 Å². The first-order valence-electron chi connectivity index (χ1n) is 7.28. The maximum Gasteiger partial charge on any atom is 0.374 e. The molecule has 0 aliphatic heterocycles. The topological polar surface area (TPSA) is 80.3 Å². The van der Waals surface area contributed by atoms with E-state index in [-0.39, 0.29) is 17.8 Å². The zero-order valence-electron chi connectivity index (χ0n) is 12.9. The summed E-state index contributed by atoms with van der Waals surface area (Å²) in [7, 11) is 0. The molecule has 118 valence electrons. The van der Waals surface area contributed by atoms with Crippen LogP contribution in [0, 0.1) is 18.3 Å². The molecule has 0 unspecified atom stereocenters. The number of carbonyl (C=O) groups excluding carboxylic acids is 1. The summed E-state index contributed by atoms with van der Waals surface area (Å²) in [6.07, 6.45) is 0. The molecule has 5 heteroatoms. The Hall–Kier alpha value is -3.39. The lowest BCUT2D eigenvalue weighted by molar-refractivity contribution is 0.0436. The smallest absolute Gasteiger partial charge is 0.374 e. The highest BCUT2D eigenvalue weighted by Crippen LogP contribution is 2.16. The van der Waals surface area contributed by atoms with Gasteiger partial charge in [0.05, 0.1) is 17.0 Å². The molecule has 1 heterocycles. The van der Waals surface area contributed by atoms with Gasteiger partial charge >= 0.3 is 5.97 Å². The summed E-state index contributed by atoms with van der Waals surface area (Å²) < 4.78 is 10.6. The highest BCUT2D eigenvalue weighted by Gasteiger charge is 2.14. The predicted molar refractivity (Wildman–Crippen MR) is 87.5 cm³/mol. The van der Waals surface area contributed by atoms with Crippen LogP contribution in [0.5, 0.6) is 0 Å². The van der Waals surface area contributed by atoms with Gasteiger partial charge in [-0.15, -0.1) is 0 Å². The van der Waals surface area contributed by atoms with E-state index < -0.39 is 5.97 Å². The minimum atomic E-state index is -0.748. The third kappa shape index (κ3) is 3.03. The molecule has 0 radical (unpaired) electrons. The van der Waals surface area contributed by atoms with Gasteiger partial charge in [-0.1, -0.05) is 29.8 Å². The van der Waals surface area contributed by atoms with Crippen LogP contribution in [0.2, 0.25) is 0 Å². The zero-order chi connectivity index (χ0) is 17.1. The Morgan fingerprint density at radius 1 is 1.21 bits per heavy atom. The van der Waals surface area contributed by atoms with Crippen molar-refractivity contribution < 1.29 is 13.9 Å². The lowest BCUT2D eigenvalue weighted by atomic mass is 10.1. The first kappa shape index (κ1) is 15.5. The van der Waals surface area contributed by atoms with E-state index in [4.69, 9.17) is 14.4 Å². The molecule has 3 rings (SSSR count). The van der Waals surface area contributed by atoms with Crippen molar-refractivity contribution in [3.63, 3.8) is 0 Å². The highest BCUT2D eigenvalue weighted by molar-refractivity contribution is 5.89. The number of hydrogen-bond donors (Lipinski definition) is 0. The van der Waals surface area contributed by atoms with Crippen LogP contribution in [0.3, 0.4) is 0 Å². The van der Waals surface area contributed by atoms with Crippen molar-refractivity contribution in [1.29, 1.82) is 5.26 Å². The molecule has 0 saturated carbocycles. The maximum atomic E-state index is 12.1. The summed E-state index contributed by atoms with van der Waals surface area (Å²) >= 11 is 0. The summed E-state index contributed by atoms with van der Waals surface area (Å²) in [5, 5.41) is 9.45. The molecule has 5 nitrogen and oxygen atoms in total. The lowest BCUT2D eigenvalue weighted by Crippen LogP contribution is -2.10. The van der Waals surface area contributed by atoms with E-state index in [0.29, 0.717) is 22.1 Å². The van der Waals surface area contributed by atoms with Gasteiger partial charge in [0.25, 0.3) is 0 Å². The fourth-order valence-electron chi connectivity index (χ4n) is 2.34. The van der Waals surface area contributed by atoms with E-state index in [0.717, 1.165) is 11.6 Å². The number of esters is 1. The van der Waals surface area contributed by atoms with Gasteiger partial charge in [0.1, 0.15) is 12.2 Å². The summed E-state index contributed by atoms with van der Waals surface area (Å²) in [4.78, 5) is 24.3. The van der Waals surface area contributed by atoms with Crippen molar-refractivity contribution in [2.75, 3.05) is 0 Å². The van der Waals surface area contributed by atoms with E-state index in [1.165, 1.54) is 0 Å². The Labute approximate surface area is 137 Å². The molecule has 0 aliphatic rings. The molecule has 24 heavy (non-hydrogen) atoms. The number of ether oxygens (including phenoxy) is 1. The monoisotopic (exact) mass is 319 g/mol. The molecule has 1 aromatic heterocycles. The average molecular weight is 319 g/mol. The van der Waals surface area contributed by atoms with Crippen molar-refractivity contribution in [1.82, 2.24) is 0 Å². The van der Waals surface area contributed by atoms with Crippen LogP contribution in [-0.4, -0.2) is 5.97 Å². The molecule has 0 bridgehead atoms. The quantitative estimate of drug-likeness (QED) is 0.692. The zero-order valence-corrected chi connectivity index (χ0v) is 12.9. The molecule has 0 aliphatic carbocycles. The second kappa shape index (κ2) is 6.39. The van der Waals surface area contributed by atoms with Crippen molar-refractivity contribution in [2.45, 2.75) is 13.5 Å². The lowest BCUT2D eigenvalue weighted by Gasteiger charge is -2.06. The summed E-state index contributed by atoms with van der Waals surface area (Å²) in [6.45, 7) is 1.80. The maximum absolute atomic E-state index is 12.1. The molecule has 0 atom stereocenters. The molecule has 3 aromatic rings. The van der Waals surface area contributed by atoms with Crippen LogP contribution in [0.15, 0.2) is 57.7 Å². The van der Waals surface area contributed by atoms with Gasteiger partial charge in [-0.3, -0.25) is 4.79 Å². The fraction of sp³-hybridized carbons (Fsp3) is 0.105. The Balaban J connectivity index is 1.85. The number of benzene rings is 2. The van der Waals surface area contributed by atoms with E-state index in [9.17, 15) is 9.59 Å². The number of aryl methyl sites for hydroxylation is 1. The Kier molecular flexibility index (Phi) is 4.13. The predicted octanol–water partition coefficient (Wildman–Crippen LogP) is 3.33. The van der Waals surface area contributed by atoms with Gasteiger partial charge in [-0.25, -0.2) is 4.79 Å². The number of hydrogen-bond acceptors (Lipinski definition) is 5. The second-order valence-electron chi connectivity index (χ2n) is 5.32. The number of nitriles is 1. The SMILES string of the molecule is Cc1ccc2oc(C(=O)OCc3ccccc3C#N)cc(=O)c2c1. The Bertz CT molecular complexity index is 1030. The molecule has 0 amide bonds. The first-order valence-corrected chi connectivity index (χ1v) is 7.28. The third-order valence-electron chi connectivity index (χ3n) is 3.58. The molecule has 0 N–H and O–H groups in total. The highest BCUT2D eigenvalue weighted by atomic mass is 16.5.